The predicted octanol–water partition coefficient (Wildman–Crippen LogP) is 3.86. The minimum atomic E-state index is -1.22. The summed E-state index contributed by atoms with van der Waals surface area (Å²) in [6.07, 6.45) is -2.79. The van der Waals surface area contributed by atoms with Crippen molar-refractivity contribution in [2.45, 2.75) is 64.3 Å². The Labute approximate surface area is 213 Å². The summed E-state index contributed by atoms with van der Waals surface area (Å²) >= 11 is 0. The van der Waals surface area contributed by atoms with Crippen molar-refractivity contribution in [1.82, 2.24) is 14.9 Å². The number of nitrogens with zero attached hydrogens (tertiary/aromatic N) is 2. The number of aromatic nitrogens is 2. The quantitative estimate of drug-likeness (QED) is 0.290. The molecule has 0 aliphatic carbocycles. The molecule has 2 aromatic carbocycles. The molecule has 8 nitrogen and oxygen atoms in total. The number of carbonyl (C=O) groups excluding carboxylic acids is 1. The average molecular weight is 516 g/mol. The molecule has 0 unspecified atom stereocenters. The van der Waals surface area contributed by atoms with E-state index in [1.54, 1.807) is 4.57 Å². The van der Waals surface area contributed by atoms with E-state index >= 15 is 0 Å². The summed E-state index contributed by atoms with van der Waals surface area (Å²) in [5, 5.41) is 31.9. The van der Waals surface area contributed by atoms with Crippen molar-refractivity contribution < 1.29 is 33.7 Å². The molecule has 1 heterocycles. The average Bonchev–Trinajstić information content (AvgIpc) is 3.23. The Bertz CT molecular complexity index is 1230. The highest BCUT2D eigenvalue weighted by Gasteiger charge is 2.26. The molecule has 4 N–H and O–H groups in total. The van der Waals surface area contributed by atoms with E-state index in [0.29, 0.717) is 5.69 Å². The Morgan fingerprint density at radius 2 is 1.73 bits per heavy atom. The number of aliphatic hydroxyl groups is 2. The molecule has 1 aromatic heterocycles. The van der Waals surface area contributed by atoms with Crippen LogP contribution < -0.4 is 5.32 Å². The van der Waals surface area contributed by atoms with Crippen molar-refractivity contribution in [3.63, 3.8) is 0 Å². The summed E-state index contributed by atoms with van der Waals surface area (Å²) < 4.78 is 29.4. The number of amides is 1. The minimum absolute atomic E-state index is 0.106. The van der Waals surface area contributed by atoms with Gasteiger partial charge in [0.2, 0.25) is 0 Å². The highest BCUT2D eigenvalue weighted by Crippen LogP contribution is 2.29. The molecule has 198 valence electrons. The topological polar surface area (TPSA) is 125 Å². The molecule has 0 fully saturated rings. The number of carbonyl (C=O) groups is 2. The number of rotatable bonds is 12. The summed E-state index contributed by atoms with van der Waals surface area (Å²) in [6.45, 7) is 4.14. The molecule has 1 amide bonds. The van der Waals surface area contributed by atoms with E-state index in [1.165, 1.54) is 6.07 Å². The normalized spacial score (nSPS) is 12.9. The number of carboxylic acids is 1. The summed E-state index contributed by atoms with van der Waals surface area (Å²) in [6, 6.07) is 12.7. The summed E-state index contributed by atoms with van der Waals surface area (Å²) in [4.78, 5) is 28.5. The highest BCUT2D eigenvalue weighted by atomic mass is 19.2. The lowest BCUT2D eigenvalue weighted by Crippen LogP contribution is -2.25. The number of hydrogen-bond donors (Lipinski definition) is 4. The Morgan fingerprint density at radius 1 is 1.03 bits per heavy atom. The van der Waals surface area contributed by atoms with Gasteiger partial charge in [-0.2, -0.15) is 0 Å². The molecule has 0 bridgehead atoms. The van der Waals surface area contributed by atoms with Crippen LogP contribution in [0.2, 0.25) is 0 Å². The van der Waals surface area contributed by atoms with Crippen LogP contribution in [0, 0.1) is 11.6 Å². The van der Waals surface area contributed by atoms with Crippen LogP contribution in [-0.4, -0.2) is 49.0 Å². The SMILES string of the molecule is CC(C)c1c(C(=O)NCc2ccccc2)nc(-c2ccc(F)c(F)c2)n1CC[C@@H](O)C[C@@H](O)CC(=O)O. The zero-order chi connectivity index (χ0) is 27.1. The number of imidazole rings is 1. The van der Waals surface area contributed by atoms with Gasteiger partial charge in [0.1, 0.15) is 11.5 Å². The van der Waals surface area contributed by atoms with Crippen LogP contribution in [0.1, 0.15) is 60.8 Å². The second-order valence-electron chi connectivity index (χ2n) is 9.20. The molecule has 3 aromatic rings. The largest absolute Gasteiger partial charge is 0.481 e. The van der Waals surface area contributed by atoms with Gasteiger partial charge < -0.3 is 25.2 Å². The lowest BCUT2D eigenvalue weighted by molar-refractivity contribution is -0.139. The van der Waals surface area contributed by atoms with Crippen molar-refractivity contribution in [2.24, 2.45) is 0 Å². The maximum Gasteiger partial charge on any atom is 0.305 e. The molecule has 0 aliphatic rings. The van der Waals surface area contributed by atoms with Crippen LogP contribution >= 0.6 is 0 Å². The van der Waals surface area contributed by atoms with Gasteiger partial charge >= 0.3 is 5.97 Å². The Balaban J connectivity index is 1.94. The van der Waals surface area contributed by atoms with E-state index < -0.39 is 42.1 Å². The second kappa shape index (κ2) is 12.6. The van der Waals surface area contributed by atoms with Crippen molar-refractivity contribution in [1.29, 1.82) is 0 Å². The maximum absolute atomic E-state index is 14.1. The van der Waals surface area contributed by atoms with Gasteiger partial charge in [0.05, 0.1) is 24.3 Å². The number of hydrogen-bond acceptors (Lipinski definition) is 5. The van der Waals surface area contributed by atoms with Crippen LogP contribution in [0.25, 0.3) is 11.4 Å². The number of aliphatic carboxylic acids is 1. The molecular formula is C27H31F2N3O5. The lowest BCUT2D eigenvalue weighted by atomic mass is 10.0. The van der Waals surface area contributed by atoms with E-state index in [2.05, 4.69) is 10.3 Å². The predicted molar refractivity (Wildman–Crippen MR) is 133 cm³/mol. The first kappa shape index (κ1) is 27.9. The Hall–Kier alpha value is -3.63. The maximum atomic E-state index is 14.1. The van der Waals surface area contributed by atoms with Gasteiger partial charge in [-0.1, -0.05) is 44.2 Å². The molecule has 0 saturated heterocycles. The fraction of sp³-hybridized carbons (Fsp3) is 0.370. The van der Waals surface area contributed by atoms with Crippen LogP contribution in [0.15, 0.2) is 48.5 Å². The zero-order valence-corrected chi connectivity index (χ0v) is 20.7. The van der Waals surface area contributed by atoms with E-state index in [4.69, 9.17) is 5.11 Å². The van der Waals surface area contributed by atoms with Crippen LogP contribution in [0.4, 0.5) is 8.78 Å². The molecular weight excluding hydrogens is 484 g/mol. The molecule has 10 heteroatoms. The van der Waals surface area contributed by atoms with Gasteiger partial charge in [0, 0.05) is 18.7 Å². The van der Waals surface area contributed by atoms with Crippen LogP contribution in [0.5, 0.6) is 0 Å². The summed E-state index contributed by atoms with van der Waals surface area (Å²) in [5.74, 6) is -3.67. The molecule has 3 rings (SSSR count). The first-order valence-electron chi connectivity index (χ1n) is 12.0. The van der Waals surface area contributed by atoms with Crippen molar-refractivity contribution >= 4 is 11.9 Å². The third kappa shape index (κ3) is 7.43. The smallest absolute Gasteiger partial charge is 0.305 e. The van der Waals surface area contributed by atoms with Crippen LogP contribution in [-0.2, 0) is 17.9 Å². The molecule has 2 atom stereocenters. The zero-order valence-electron chi connectivity index (χ0n) is 20.7. The van der Waals surface area contributed by atoms with Gasteiger partial charge in [-0.3, -0.25) is 9.59 Å². The number of aliphatic hydroxyl groups excluding tert-OH is 2. The molecule has 0 spiro atoms. The summed E-state index contributed by atoms with van der Waals surface area (Å²) in [5.41, 5.74) is 1.82. The molecule has 37 heavy (non-hydrogen) atoms. The van der Waals surface area contributed by atoms with E-state index in [1.807, 2.05) is 44.2 Å². The van der Waals surface area contributed by atoms with Crippen molar-refractivity contribution in [3.8, 4) is 11.4 Å². The first-order chi connectivity index (χ1) is 17.6. The fourth-order valence-corrected chi connectivity index (χ4v) is 4.16. The Kier molecular flexibility index (Phi) is 9.48. The van der Waals surface area contributed by atoms with Crippen molar-refractivity contribution in [3.05, 3.63) is 77.1 Å². The molecule has 0 aliphatic heterocycles. The second-order valence-corrected chi connectivity index (χ2v) is 9.20. The monoisotopic (exact) mass is 515 g/mol. The van der Waals surface area contributed by atoms with Gasteiger partial charge in [-0.25, -0.2) is 13.8 Å². The third-order valence-electron chi connectivity index (χ3n) is 5.88. The first-order valence-corrected chi connectivity index (χ1v) is 12.0. The van der Waals surface area contributed by atoms with E-state index in [9.17, 15) is 28.6 Å². The number of benzene rings is 2. The third-order valence-corrected chi connectivity index (χ3v) is 5.88. The number of carboxylic acid groups (broad SMARTS) is 1. The molecule has 0 saturated carbocycles. The van der Waals surface area contributed by atoms with Gasteiger partial charge in [-0.15, -0.1) is 0 Å². The van der Waals surface area contributed by atoms with Crippen molar-refractivity contribution in [2.75, 3.05) is 0 Å². The van der Waals surface area contributed by atoms with E-state index in [-0.39, 0.29) is 48.9 Å². The number of nitrogens with one attached hydrogen (secondary N) is 1. The summed E-state index contributed by atoms with van der Waals surface area (Å²) in [7, 11) is 0. The highest BCUT2D eigenvalue weighted by molar-refractivity contribution is 5.94. The standard InChI is InChI=1S/C27H31F2N3O5/c1-16(2)25-24(27(37)30-15-17-6-4-3-5-7-17)31-26(18-8-9-21(28)22(29)12-18)32(25)11-10-19(33)13-20(34)14-23(35)36/h3-9,12,16,19-20,33-34H,10-11,13-15H2,1-2H3,(H,30,37)(H,35,36)/t19-,20-/m1/s1. The Morgan fingerprint density at radius 3 is 2.35 bits per heavy atom. The minimum Gasteiger partial charge on any atom is -0.481 e. The molecule has 0 radical (unpaired) electrons. The van der Waals surface area contributed by atoms with Gasteiger partial charge in [-0.05, 0) is 42.5 Å². The van der Waals surface area contributed by atoms with E-state index in [0.717, 1.165) is 17.7 Å². The van der Waals surface area contributed by atoms with Gasteiger partial charge in [0.25, 0.3) is 5.91 Å². The number of halogens is 2. The van der Waals surface area contributed by atoms with Gasteiger partial charge in [0.15, 0.2) is 11.6 Å². The fourth-order valence-electron chi connectivity index (χ4n) is 4.16. The lowest BCUT2D eigenvalue weighted by Gasteiger charge is -2.19. The van der Waals surface area contributed by atoms with Crippen LogP contribution in [0.3, 0.4) is 0 Å².